The van der Waals surface area contributed by atoms with Crippen molar-refractivity contribution < 1.29 is 4.74 Å². The molecule has 4 unspecified atom stereocenters. The van der Waals surface area contributed by atoms with Crippen molar-refractivity contribution in [3.63, 3.8) is 0 Å². The van der Waals surface area contributed by atoms with Gasteiger partial charge in [-0.3, -0.25) is 4.90 Å². The Hall–Kier alpha value is -0.120. The van der Waals surface area contributed by atoms with E-state index < -0.39 is 0 Å². The summed E-state index contributed by atoms with van der Waals surface area (Å²) in [4.78, 5) is 2.84. The average Bonchev–Trinajstić information content (AvgIpc) is 2.93. The molecular weight excluding hydrogens is 260 g/mol. The summed E-state index contributed by atoms with van der Waals surface area (Å²) in [7, 11) is 0. The van der Waals surface area contributed by atoms with Crippen molar-refractivity contribution in [3.8, 4) is 0 Å². The van der Waals surface area contributed by atoms with Crippen LogP contribution in [-0.4, -0.2) is 48.8 Å². The first kappa shape index (κ1) is 15.8. The van der Waals surface area contributed by atoms with Crippen LogP contribution in [0.5, 0.6) is 0 Å². The molecule has 0 spiro atoms. The van der Waals surface area contributed by atoms with E-state index in [1.54, 1.807) is 0 Å². The van der Waals surface area contributed by atoms with E-state index in [-0.39, 0.29) is 0 Å². The minimum atomic E-state index is 0.421. The lowest BCUT2D eigenvalue weighted by atomic mass is 9.70. The zero-order valence-corrected chi connectivity index (χ0v) is 14.2. The van der Waals surface area contributed by atoms with Gasteiger partial charge < -0.3 is 10.1 Å². The minimum absolute atomic E-state index is 0.421. The van der Waals surface area contributed by atoms with E-state index in [0.29, 0.717) is 23.6 Å². The zero-order valence-electron chi connectivity index (χ0n) is 14.2. The number of nitrogens with one attached hydrogen (secondary N) is 1. The fourth-order valence-electron chi connectivity index (χ4n) is 5.05. The largest absolute Gasteiger partial charge is 0.375 e. The van der Waals surface area contributed by atoms with Crippen molar-refractivity contribution in [1.29, 1.82) is 0 Å². The monoisotopic (exact) mass is 294 g/mol. The van der Waals surface area contributed by atoms with E-state index in [9.17, 15) is 0 Å². The van der Waals surface area contributed by atoms with Gasteiger partial charge in [-0.1, -0.05) is 27.2 Å². The molecule has 1 heterocycles. The Morgan fingerprint density at radius 3 is 2.76 bits per heavy atom. The van der Waals surface area contributed by atoms with Crippen molar-refractivity contribution in [2.45, 2.75) is 89.9 Å². The van der Waals surface area contributed by atoms with Crippen LogP contribution in [0.3, 0.4) is 0 Å². The Bertz CT molecular complexity index is 344. The lowest BCUT2D eigenvalue weighted by molar-refractivity contribution is -0.0918. The second-order valence-electron chi connectivity index (χ2n) is 8.03. The van der Waals surface area contributed by atoms with Crippen LogP contribution in [0.25, 0.3) is 0 Å². The first-order chi connectivity index (χ1) is 10.1. The summed E-state index contributed by atoms with van der Waals surface area (Å²) in [6.07, 6.45) is 9.86. The molecule has 0 radical (unpaired) electrons. The summed E-state index contributed by atoms with van der Waals surface area (Å²) < 4.78 is 6.03. The maximum Gasteiger partial charge on any atom is 0.0731 e. The fourth-order valence-corrected chi connectivity index (χ4v) is 5.05. The van der Waals surface area contributed by atoms with E-state index in [2.05, 4.69) is 31.0 Å². The number of ether oxygens (including phenoxy) is 1. The van der Waals surface area contributed by atoms with Gasteiger partial charge in [-0.2, -0.15) is 0 Å². The van der Waals surface area contributed by atoms with Crippen molar-refractivity contribution in [2.75, 3.05) is 19.7 Å². The van der Waals surface area contributed by atoms with Gasteiger partial charge in [-0.05, 0) is 50.5 Å². The Balaban J connectivity index is 1.76. The van der Waals surface area contributed by atoms with E-state index in [0.717, 1.165) is 25.7 Å². The standard InChI is InChI=1S/C18H34N2O/c1-4-11-19-17-15(8-6-10-18(17,2)3)20-12-13-21-16-9-5-7-14(16)20/h14-17,19H,4-13H2,1-3H3. The van der Waals surface area contributed by atoms with Gasteiger partial charge >= 0.3 is 0 Å². The van der Waals surface area contributed by atoms with Crippen molar-refractivity contribution in [1.82, 2.24) is 10.2 Å². The molecule has 3 fully saturated rings. The van der Waals surface area contributed by atoms with Gasteiger partial charge in [0.2, 0.25) is 0 Å². The van der Waals surface area contributed by atoms with Crippen LogP contribution in [0.2, 0.25) is 0 Å². The quantitative estimate of drug-likeness (QED) is 0.862. The van der Waals surface area contributed by atoms with Gasteiger partial charge in [-0.15, -0.1) is 0 Å². The third kappa shape index (κ3) is 3.16. The normalized spacial score (nSPS) is 40.1. The van der Waals surface area contributed by atoms with E-state index in [4.69, 9.17) is 4.74 Å². The molecule has 2 aliphatic carbocycles. The van der Waals surface area contributed by atoms with Crippen LogP contribution in [0.1, 0.15) is 65.7 Å². The molecule has 1 aliphatic heterocycles. The third-order valence-electron chi connectivity index (χ3n) is 6.11. The highest BCUT2D eigenvalue weighted by molar-refractivity contribution is 5.02. The maximum absolute atomic E-state index is 6.03. The molecule has 4 atom stereocenters. The molecule has 3 aliphatic rings. The Labute approximate surface area is 130 Å². The lowest BCUT2D eigenvalue weighted by Gasteiger charge is -2.52. The summed E-state index contributed by atoms with van der Waals surface area (Å²) in [5.74, 6) is 0. The number of morpholine rings is 1. The third-order valence-corrected chi connectivity index (χ3v) is 6.11. The smallest absolute Gasteiger partial charge is 0.0731 e. The van der Waals surface area contributed by atoms with Gasteiger partial charge in [-0.25, -0.2) is 0 Å². The van der Waals surface area contributed by atoms with Gasteiger partial charge in [0, 0.05) is 24.7 Å². The minimum Gasteiger partial charge on any atom is -0.375 e. The van der Waals surface area contributed by atoms with Crippen LogP contribution in [0.15, 0.2) is 0 Å². The van der Waals surface area contributed by atoms with Crippen LogP contribution in [-0.2, 0) is 4.74 Å². The topological polar surface area (TPSA) is 24.5 Å². The van der Waals surface area contributed by atoms with Crippen molar-refractivity contribution in [2.24, 2.45) is 5.41 Å². The summed E-state index contributed by atoms with van der Waals surface area (Å²) >= 11 is 0. The van der Waals surface area contributed by atoms with Crippen LogP contribution < -0.4 is 5.32 Å². The van der Waals surface area contributed by atoms with E-state index >= 15 is 0 Å². The highest BCUT2D eigenvalue weighted by Crippen LogP contribution is 2.41. The first-order valence-electron chi connectivity index (χ1n) is 9.24. The SMILES string of the molecule is CCCNC1C(N2CCOC3CCCC32)CCCC1(C)C. The predicted molar refractivity (Wildman–Crippen MR) is 87.6 cm³/mol. The summed E-state index contributed by atoms with van der Waals surface area (Å²) in [6.45, 7) is 10.5. The molecule has 3 rings (SSSR count). The van der Waals surface area contributed by atoms with Crippen molar-refractivity contribution in [3.05, 3.63) is 0 Å². The number of fused-ring (bicyclic) bond motifs is 1. The second kappa shape index (κ2) is 6.55. The predicted octanol–water partition coefficient (Wildman–Crippen LogP) is 3.19. The lowest BCUT2D eigenvalue weighted by Crippen LogP contribution is -2.64. The highest BCUT2D eigenvalue weighted by Gasteiger charge is 2.46. The Morgan fingerprint density at radius 1 is 1.14 bits per heavy atom. The first-order valence-corrected chi connectivity index (χ1v) is 9.24. The fraction of sp³-hybridized carbons (Fsp3) is 1.00. The molecule has 1 N–H and O–H groups in total. The molecule has 21 heavy (non-hydrogen) atoms. The van der Waals surface area contributed by atoms with Gasteiger partial charge in [0.1, 0.15) is 0 Å². The van der Waals surface area contributed by atoms with Crippen LogP contribution in [0, 0.1) is 5.41 Å². The number of hydrogen-bond donors (Lipinski definition) is 1. The van der Waals surface area contributed by atoms with Crippen molar-refractivity contribution >= 4 is 0 Å². The number of nitrogens with zero attached hydrogens (tertiary/aromatic N) is 1. The van der Waals surface area contributed by atoms with Crippen LogP contribution >= 0.6 is 0 Å². The molecule has 0 aromatic carbocycles. The molecule has 3 heteroatoms. The molecule has 122 valence electrons. The van der Waals surface area contributed by atoms with Gasteiger partial charge in [0.05, 0.1) is 12.7 Å². The molecule has 3 nitrogen and oxygen atoms in total. The Kier molecular flexibility index (Phi) is 4.92. The molecule has 0 aromatic rings. The molecule has 0 bridgehead atoms. The highest BCUT2D eigenvalue weighted by atomic mass is 16.5. The van der Waals surface area contributed by atoms with E-state index in [1.807, 2.05) is 0 Å². The summed E-state index contributed by atoms with van der Waals surface area (Å²) in [5.41, 5.74) is 0.421. The summed E-state index contributed by atoms with van der Waals surface area (Å²) in [5, 5.41) is 3.91. The van der Waals surface area contributed by atoms with Crippen LogP contribution in [0.4, 0.5) is 0 Å². The Morgan fingerprint density at radius 2 is 1.95 bits per heavy atom. The maximum atomic E-state index is 6.03. The number of hydrogen-bond acceptors (Lipinski definition) is 3. The molecule has 1 saturated heterocycles. The molecule has 0 amide bonds. The van der Waals surface area contributed by atoms with Gasteiger partial charge in [0.25, 0.3) is 0 Å². The molecule has 0 aromatic heterocycles. The average molecular weight is 294 g/mol. The zero-order chi connectivity index (χ0) is 14.9. The molecular formula is C18H34N2O. The number of rotatable bonds is 4. The molecule has 2 saturated carbocycles. The second-order valence-corrected chi connectivity index (χ2v) is 8.03. The van der Waals surface area contributed by atoms with E-state index in [1.165, 1.54) is 44.9 Å². The summed E-state index contributed by atoms with van der Waals surface area (Å²) in [6, 6.07) is 2.06. The van der Waals surface area contributed by atoms with Gasteiger partial charge in [0.15, 0.2) is 0 Å².